The summed E-state index contributed by atoms with van der Waals surface area (Å²) in [5.41, 5.74) is 0.516. The fourth-order valence-corrected chi connectivity index (χ4v) is 2.36. The highest BCUT2D eigenvalue weighted by Crippen LogP contribution is 2.38. The molecule has 6 heteroatoms. The largest absolute Gasteiger partial charge is 0.573 e. The van der Waals surface area contributed by atoms with Crippen molar-refractivity contribution in [2.24, 2.45) is 0 Å². The van der Waals surface area contributed by atoms with E-state index in [1.165, 1.54) is 12.1 Å². The molecule has 1 N–H and O–H groups in total. The Bertz CT molecular complexity index is 585. The Morgan fingerprint density at radius 3 is 2.25 bits per heavy atom. The third-order valence-electron chi connectivity index (χ3n) is 2.63. The zero-order chi connectivity index (χ0) is 14.8. The number of hydrogen-bond acceptors (Lipinski definition) is 2. The summed E-state index contributed by atoms with van der Waals surface area (Å²) in [5, 5.41) is 10.3. The van der Waals surface area contributed by atoms with Crippen LogP contribution in [0.1, 0.15) is 17.2 Å². The van der Waals surface area contributed by atoms with Gasteiger partial charge in [0.2, 0.25) is 0 Å². The molecule has 1 unspecified atom stereocenters. The van der Waals surface area contributed by atoms with Gasteiger partial charge in [-0.25, -0.2) is 0 Å². The molecule has 0 spiro atoms. The maximum absolute atomic E-state index is 12.4. The number of halogens is 4. The van der Waals surface area contributed by atoms with Crippen molar-refractivity contribution in [1.29, 1.82) is 0 Å². The van der Waals surface area contributed by atoms with Crippen LogP contribution < -0.4 is 4.74 Å². The number of alkyl halides is 3. The van der Waals surface area contributed by atoms with Crippen LogP contribution in [0.3, 0.4) is 0 Å². The fourth-order valence-electron chi connectivity index (χ4n) is 1.80. The lowest BCUT2D eigenvalue weighted by Crippen LogP contribution is -2.19. The van der Waals surface area contributed by atoms with Gasteiger partial charge in [0.25, 0.3) is 0 Å². The van der Waals surface area contributed by atoms with Crippen molar-refractivity contribution in [2.45, 2.75) is 12.5 Å². The first-order valence-corrected chi connectivity index (χ1v) is 6.45. The van der Waals surface area contributed by atoms with Gasteiger partial charge in [0, 0.05) is 10.0 Å². The van der Waals surface area contributed by atoms with Gasteiger partial charge in [-0.15, -0.1) is 13.2 Å². The van der Waals surface area contributed by atoms with Gasteiger partial charge in [0.05, 0.1) is 0 Å². The summed E-state index contributed by atoms with van der Waals surface area (Å²) in [6, 6.07) is 12.5. The smallest absolute Gasteiger partial charge is 0.405 e. The van der Waals surface area contributed by atoms with E-state index in [-0.39, 0.29) is 5.56 Å². The van der Waals surface area contributed by atoms with Crippen molar-refractivity contribution < 1.29 is 23.0 Å². The lowest BCUT2D eigenvalue weighted by molar-refractivity contribution is -0.275. The molecule has 0 radical (unpaired) electrons. The normalized spacial score (nSPS) is 13.1. The summed E-state index contributed by atoms with van der Waals surface area (Å²) in [6.45, 7) is 0. The molecule has 0 saturated carbocycles. The zero-order valence-electron chi connectivity index (χ0n) is 10.1. The van der Waals surface area contributed by atoms with Crippen molar-refractivity contribution >= 4 is 15.9 Å². The highest BCUT2D eigenvalue weighted by Gasteiger charge is 2.33. The van der Waals surface area contributed by atoms with Crippen molar-refractivity contribution in [3.8, 4) is 5.75 Å². The van der Waals surface area contributed by atoms with Crippen molar-refractivity contribution in [2.75, 3.05) is 0 Å². The molecule has 0 fully saturated rings. The number of aliphatic hydroxyl groups is 1. The second-order valence-electron chi connectivity index (χ2n) is 4.01. The van der Waals surface area contributed by atoms with Crippen LogP contribution in [-0.4, -0.2) is 11.5 Å². The summed E-state index contributed by atoms with van der Waals surface area (Å²) < 4.78 is 41.5. The van der Waals surface area contributed by atoms with Gasteiger partial charge < -0.3 is 9.84 Å². The second kappa shape index (κ2) is 5.85. The van der Waals surface area contributed by atoms with E-state index in [0.717, 1.165) is 0 Å². The van der Waals surface area contributed by atoms with Crippen LogP contribution >= 0.6 is 15.9 Å². The molecule has 0 amide bonds. The van der Waals surface area contributed by atoms with Crippen LogP contribution in [0, 0.1) is 0 Å². The van der Waals surface area contributed by atoms with E-state index >= 15 is 0 Å². The molecule has 0 aromatic heterocycles. The summed E-state index contributed by atoms with van der Waals surface area (Å²) in [4.78, 5) is 0. The van der Waals surface area contributed by atoms with Crippen molar-refractivity contribution in [3.05, 3.63) is 64.1 Å². The molecule has 0 saturated heterocycles. The quantitative estimate of drug-likeness (QED) is 0.890. The average Bonchev–Trinajstić information content (AvgIpc) is 2.37. The first-order chi connectivity index (χ1) is 9.38. The van der Waals surface area contributed by atoms with E-state index < -0.39 is 18.2 Å². The van der Waals surface area contributed by atoms with Crippen LogP contribution in [0.25, 0.3) is 0 Å². The standard InChI is InChI=1S/C14H10BrF3O2/c15-10-7-4-8-11(20-14(16,17)18)12(10)13(19)9-5-2-1-3-6-9/h1-8,13,19H. The van der Waals surface area contributed by atoms with E-state index in [1.54, 1.807) is 36.4 Å². The SMILES string of the molecule is OC(c1ccccc1)c1c(Br)cccc1OC(F)(F)F. The lowest BCUT2D eigenvalue weighted by atomic mass is 10.0. The molecule has 0 aliphatic rings. The molecule has 106 valence electrons. The highest BCUT2D eigenvalue weighted by molar-refractivity contribution is 9.10. The van der Waals surface area contributed by atoms with Crippen LogP contribution in [0.2, 0.25) is 0 Å². The maximum Gasteiger partial charge on any atom is 0.573 e. The second-order valence-corrected chi connectivity index (χ2v) is 4.87. The first-order valence-electron chi connectivity index (χ1n) is 5.65. The molecule has 0 aliphatic heterocycles. The monoisotopic (exact) mass is 346 g/mol. The summed E-state index contributed by atoms with van der Waals surface area (Å²) >= 11 is 3.15. The Morgan fingerprint density at radius 1 is 1.00 bits per heavy atom. The number of ether oxygens (including phenoxy) is 1. The van der Waals surface area contributed by atoms with Crippen LogP contribution in [0.4, 0.5) is 13.2 Å². The minimum atomic E-state index is -4.81. The van der Waals surface area contributed by atoms with E-state index in [4.69, 9.17) is 0 Å². The van der Waals surface area contributed by atoms with Gasteiger partial charge in [-0.1, -0.05) is 52.3 Å². The number of hydrogen-bond donors (Lipinski definition) is 1. The molecular weight excluding hydrogens is 337 g/mol. The molecule has 0 bridgehead atoms. The Labute approximate surface area is 121 Å². The Hall–Kier alpha value is -1.53. The Balaban J connectivity index is 2.45. The third kappa shape index (κ3) is 3.52. The lowest BCUT2D eigenvalue weighted by Gasteiger charge is -2.19. The van der Waals surface area contributed by atoms with Gasteiger partial charge in [0.15, 0.2) is 0 Å². The van der Waals surface area contributed by atoms with E-state index in [2.05, 4.69) is 20.7 Å². The van der Waals surface area contributed by atoms with Gasteiger partial charge in [-0.05, 0) is 17.7 Å². The van der Waals surface area contributed by atoms with Crippen LogP contribution in [-0.2, 0) is 0 Å². The van der Waals surface area contributed by atoms with Crippen LogP contribution in [0.15, 0.2) is 53.0 Å². The minimum Gasteiger partial charge on any atom is -0.405 e. The predicted molar refractivity (Wildman–Crippen MR) is 71.3 cm³/mol. The molecule has 20 heavy (non-hydrogen) atoms. The molecule has 0 heterocycles. The Morgan fingerprint density at radius 2 is 1.65 bits per heavy atom. The van der Waals surface area contributed by atoms with Gasteiger partial charge in [-0.2, -0.15) is 0 Å². The highest BCUT2D eigenvalue weighted by atomic mass is 79.9. The molecular formula is C14H10BrF3O2. The molecule has 2 aromatic rings. The molecule has 1 atom stereocenters. The molecule has 2 nitrogen and oxygen atoms in total. The predicted octanol–water partition coefficient (Wildman–Crippen LogP) is 4.43. The number of rotatable bonds is 3. The van der Waals surface area contributed by atoms with E-state index in [9.17, 15) is 18.3 Å². The number of benzene rings is 2. The summed E-state index contributed by atoms with van der Waals surface area (Å²) in [7, 11) is 0. The molecule has 0 aliphatic carbocycles. The van der Waals surface area contributed by atoms with Crippen molar-refractivity contribution in [1.82, 2.24) is 0 Å². The van der Waals surface area contributed by atoms with Crippen LogP contribution in [0.5, 0.6) is 5.75 Å². The Kier molecular flexibility index (Phi) is 4.35. The first kappa shape index (κ1) is 14.9. The summed E-state index contributed by atoms with van der Waals surface area (Å²) in [6.07, 6.45) is -6.03. The maximum atomic E-state index is 12.4. The topological polar surface area (TPSA) is 29.5 Å². The zero-order valence-corrected chi connectivity index (χ0v) is 11.6. The van der Waals surface area contributed by atoms with Crippen molar-refractivity contribution in [3.63, 3.8) is 0 Å². The minimum absolute atomic E-state index is 0.0380. The summed E-state index contributed by atoms with van der Waals surface area (Å²) in [5.74, 6) is -0.428. The third-order valence-corrected chi connectivity index (χ3v) is 3.32. The molecule has 2 aromatic carbocycles. The van der Waals surface area contributed by atoms with Gasteiger partial charge >= 0.3 is 6.36 Å². The van der Waals surface area contributed by atoms with E-state index in [0.29, 0.717) is 10.0 Å². The molecule has 2 rings (SSSR count). The van der Waals surface area contributed by atoms with Gasteiger partial charge in [-0.3, -0.25) is 0 Å². The van der Waals surface area contributed by atoms with E-state index in [1.807, 2.05) is 0 Å². The number of aliphatic hydroxyl groups excluding tert-OH is 1. The fraction of sp³-hybridized carbons (Fsp3) is 0.143. The average molecular weight is 347 g/mol. The van der Waals surface area contributed by atoms with Gasteiger partial charge in [0.1, 0.15) is 11.9 Å².